The number of hydrogen-bond acceptors (Lipinski definition) is 2. The number of hydrogen-bond donors (Lipinski definition) is 1. The van der Waals surface area contributed by atoms with Gasteiger partial charge in [0.1, 0.15) is 0 Å². The molecule has 1 aromatic heterocycles. The van der Waals surface area contributed by atoms with Gasteiger partial charge in [-0.1, -0.05) is 6.42 Å². The van der Waals surface area contributed by atoms with E-state index in [0.717, 1.165) is 24.2 Å². The molecule has 92 valence electrons. The molecule has 1 heterocycles. The van der Waals surface area contributed by atoms with Crippen molar-refractivity contribution < 1.29 is 4.79 Å². The van der Waals surface area contributed by atoms with Crippen molar-refractivity contribution in [2.45, 2.75) is 19.3 Å². The molecule has 18 heavy (non-hydrogen) atoms. The molecule has 1 aromatic carbocycles. The lowest BCUT2D eigenvalue weighted by atomic mass is 9.85. The summed E-state index contributed by atoms with van der Waals surface area (Å²) in [6.07, 6.45) is 6.86. The van der Waals surface area contributed by atoms with Gasteiger partial charge in [0.15, 0.2) is 0 Å². The number of nitrogens with zero attached hydrogens (tertiary/aromatic N) is 2. The molecule has 0 aliphatic heterocycles. The second-order valence-corrected chi connectivity index (χ2v) is 4.61. The number of nitrogens with one attached hydrogen (secondary N) is 1. The molecule has 0 saturated heterocycles. The van der Waals surface area contributed by atoms with Crippen LogP contribution < -0.4 is 5.32 Å². The van der Waals surface area contributed by atoms with Gasteiger partial charge in [-0.2, -0.15) is 5.10 Å². The molecule has 2 aromatic rings. The highest BCUT2D eigenvalue weighted by Gasteiger charge is 2.24. The fourth-order valence-electron chi connectivity index (χ4n) is 2.03. The maximum absolute atomic E-state index is 11.8. The molecule has 0 spiro atoms. The van der Waals surface area contributed by atoms with Gasteiger partial charge in [0.2, 0.25) is 5.91 Å². The average molecular weight is 241 g/mol. The van der Waals surface area contributed by atoms with Crippen LogP contribution in [-0.2, 0) is 4.79 Å². The lowest BCUT2D eigenvalue weighted by molar-refractivity contribution is -0.122. The third-order valence-electron chi connectivity index (χ3n) is 3.38. The average Bonchev–Trinajstić information content (AvgIpc) is 2.81. The summed E-state index contributed by atoms with van der Waals surface area (Å²) in [5.41, 5.74) is 1.84. The minimum Gasteiger partial charge on any atom is -0.326 e. The topological polar surface area (TPSA) is 46.9 Å². The van der Waals surface area contributed by atoms with Gasteiger partial charge >= 0.3 is 0 Å². The van der Waals surface area contributed by atoms with E-state index in [2.05, 4.69) is 10.4 Å². The van der Waals surface area contributed by atoms with Crippen LogP contribution in [-0.4, -0.2) is 15.7 Å². The van der Waals surface area contributed by atoms with Crippen molar-refractivity contribution in [1.82, 2.24) is 9.78 Å². The van der Waals surface area contributed by atoms with Crippen LogP contribution in [0, 0.1) is 5.92 Å². The first-order valence-electron chi connectivity index (χ1n) is 6.24. The summed E-state index contributed by atoms with van der Waals surface area (Å²) in [6.45, 7) is 0. The first-order chi connectivity index (χ1) is 8.83. The molecule has 4 nitrogen and oxygen atoms in total. The van der Waals surface area contributed by atoms with Crippen LogP contribution in [0.3, 0.4) is 0 Å². The Kier molecular flexibility index (Phi) is 2.84. The summed E-state index contributed by atoms with van der Waals surface area (Å²) in [5, 5.41) is 7.10. The van der Waals surface area contributed by atoms with Crippen LogP contribution in [0.25, 0.3) is 5.69 Å². The number of amides is 1. The van der Waals surface area contributed by atoms with Gasteiger partial charge in [-0.3, -0.25) is 4.79 Å². The Morgan fingerprint density at radius 3 is 2.61 bits per heavy atom. The summed E-state index contributed by atoms with van der Waals surface area (Å²) < 4.78 is 1.79. The van der Waals surface area contributed by atoms with Gasteiger partial charge in [0.05, 0.1) is 5.69 Å². The molecule has 3 rings (SSSR count). The number of anilines is 1. The Hall–Kier alpha value is -2.10. The normalized spacial score (nSPS) is 15.1. The van der Waals surface area contributed by atoms with Crippen molar-refractivity contribution in [3.63, 3.8) is 0 Å². The van der Waals surface area contributed by atoms with Crippen molar-refractivity contribution in [3.05, 3.63) is 42.7 Å². The molecule has 0 bridgehead atoms. The summed E-state index contributed by atoms with van der Waals surface area (Å²) in [4.78, 5) is 11.8. The Bertz CT molecular complexity index is 527. The van der Waals surface area contributed by atoms with Gasteiger partial charge in [0.25, 0.3) is 0 Å². The first-order valence-corrected chi connectivity index (χ1v) is 6.24. The van der Waals surface area contributed by atoms with Crippen LogP contribution in [0.1, 0.15) is 19.3 Å². The van der Waals surface area contributed by atoms with E-state index in [1.807, 2.05) is 36.5 Å². The van der Waals surface area contributed by atoms with Crippen LogP contribution >= 0.6 is 0 Å². The van der Waals surface area contributed by atoms with Crippen LogP contribution in [0.4, 0.5) is 5.69 Å². The van der Waals surface area contributed by atoms with Gasteiger partial charge < -0.3 is 5.32 Å². The van der Waals surface area contributed by atoms with Crippen molar-refractivity contribution in [2.75, 3.05) is 5.32 Å². The Balaban J connectivity index is 1.69. The Morgan fingerprint density at radius 1 is 1.28 bits per heavy atom. The Labute approximate surface area is 106 Å². The second-order valence-electron chi connectivity index (χ2n) is 4.61. The molecular weight excluding hydrogens is 226 g/mol. The quantitative estimate of drug-likeness (QED) is 0.897. The minimum absolute atomic E-state index is 0.146. The smallest absolute Gasteiger partial charge is 0.227 e. The number of benzene rings is 1. The van der Waals surface area contributed by atoms with E-state index in [4.69, 9.17) is 0 Å². The number of rotatable bonds is 3. The zero-order valence-corrected chi connectivity index (χ0v) is 10.0. The summed E-state index contributed by atoms with van der Waals surface area (Å²) in [7, 11) is 0. The van der Waals surface area contributed by atoms with Gasteiger partial charge in [-0.15, -0.1) is 0 Å². The largest absolute Gasteiger partial charge is 0.326 e. The van der Waals surface area contributed by atoms with E-state index in [9.17, 15) is 4.79 Å². The van der Waals surface area contributed by atoms with Crippen molar-refractivity contribution >= 4 is 11.6 Å². The van der Waals surface area contributed by atoms with Gasteiger partial charge in [0, 0.05) is 24.0 Å². The molecular formula is C14H15N3O. The zero-order valence-electron chi connectivity index (χ0n) is 10.0. The number of carbonyl (C=O) groups excluding carboxylic acids is 1. The monoisotopic (exact) mass is 241 g/mol. The molecule has 0 atom stereocenters. The highest BCUT2D eigenvalue weighted by Crippen LogP contribution is 2.27. The van der Waals surface area contributed by atoms with Crippen LogP contribution in [0.15, 0.2) is 42.7 Å². The molecule has 1 fully saturated rings. The standard InChI is InChI=1S/C14H15N3O/c18-14(11-3-1-4-11)16-12-5-7-13(8-6-12)17-10-2-9-15-17/h2,5-11H,1,3-4H2,(H,16,18). The predicted molar refractivity (Wildman–Crippen MR) is 69.5 cm³/mol. The van der Waals surface area contributed by atoms with E-state index < -0.39 is 0 Å². The maximum atomic E-state index is 11.8. The van der Waals surface area contributed by atoms with Crippen molar-refractivity contribution in [3.8, 4) is 5.69 Å². The molecule has 0 unspecified atom stereocenters. The van der Waals surface area contributed by atoms with E-state index in [0.29, 0.717) is 0 Å². The minimum atomic E-state index is 0.146. The SMILES string of the molecule is O=C(Nc1ccc(-n2cccn2)cc1)C1CCC1. The van der Waals surface area contributed by atoms with Gasteiger partial charge in [-0.05, 0) is 43.2 Å². The molecule has 1 saturated carbocycles. The Morgan fingerprint density at radius 2 is 2.06 bits per heavy atom. The van der Waals surface area contributed by atoms with Crippen LogP contribution in [0.5, 0.6) is 0 Å². The summed E-state index contributed by atoms with van der Waals surface area (Å²) in [5.74, 6) is 0.365. The van der Waals surface area contributed by atoms with Crippen LogP contribution in [0.2, 0.25) is 0 Å². The van der Waals surface area contributed by atoms with Crippen molar-refractivity contribution in [1.29, 1.82) is 0 Å². The molecule has 1 amide bonds. The summed E-state index contributed by atoms with van der Waals surface area (Å²) in [6, 6.07) is 9.60. The number of carbonyl (C=O) groups is 1. The van der Waals surface area contributed by atoms with E-state index in [1.54, 1.807) is 10.9 Å². The predicted octanol–water partition coefficient (Wildman–Crippen LogP) is 2.61. The van der Waals surface area contributed by atoms with E-state index in [1.165, 1.54) is 6.42 Å². The number of aromatic nitrogens is 2. The molecule has 1 aliphatic rings. The highest BCUT2D eigenvalue weighted by atomic mass is 16.1. The maximum Gasteiger partial charge on any atom is 0.227 e. The first kappa shape index (κ1) is 11.0. The lowest BCUT2D eigenvalue weighted by Gasteiger charge is -2.24. The van der Waals surface area contributed by atoms with E-state index >= 15 is 0 Å². The van der Waals surface area contributed by atoms with E-state index in [-0.39, 0.29) is 11.8 Å². The highest BCUT2D eigenvalue weighted by molar-refractivity contribution is 5.93. The fraction of sp³-hybridized carbons (Fsp3) is 0.286. The molecule has 4 heteroatoms. The lowest BCUT2D eigenvalue weighted by Crippen LogP contribution is -2.27. The molecule has 1 aliphatic carbocycles. The molecule has 1 N–H and O–H groups in total. The fourth-order valence-corrected chi connectivity index (χ4v) is 2.03. The van der Waals surface area contributed by atoms with Crippen molar-refractivity contribution in [2.24, 2.45) is 5.92 Å². The molecule has 0 radical (unpaired) electrons. The summed E-state index contributed by atoms with van der Waals surface area (Å²) >= 11 is 0. The van der Waals surface area contributed by atoms with Gasteiger partial charge in [-0.25, -0.2) is 4.68 Å². The second kappa shape index (κ2) is 4.64. The third kappa shape index (κ3) is 2.14. The third-order valence-corrected chi connectivity index (χ3v) is 3.38. The zero-order chi connectivity index (χ0) is 12.4.